The number of hydrogen-bond acceptors (Lipinski definition) is 4. The van der Waals surface area contributed by atoms with Gasteiger partial charge in [0.25, 0.3) is 0 Å². The van der Waals surface area contributed by atoms with Crippen LogP contribution >= 0.6 is 0 Å². The first-order valence-corrected chi connectivity index (χ1v) is 10.2. The standard InChI is InChI=1S/C25H23F3N2O2/c1-30(11-9-21-8-3-4-10-29-21)16-17-12-19-15-22(32-24(19)23(13-17)31-2)18-6-5-7-20(14-18)25(26,27)28/h3-8,10,12-15H,9,11,16H2,1-2H3. The van der Waals surface area contributed by atoms with Gasteiger partial charge < -0.3 is 14.1 Å². The SMILES string of the molecule is COc1cc(CN(C)CCc2ccccn2)cc2cc(-c3cccc(C(F)(F)F)c3)oc12. The third-order valence-corrected chi connectivity index (χ3v) is 5.26. The van der Waals surface area contributed by atoms with Crippen LogP contribution in [0.3, 0.4) is 0 Å². The summed E-state index contributed by atoms with van der Waals surface area (Å²) in [5, 5.41) is 0.782. The molecule has 4 nitrogen and oxygen atoms in total. The summed E-state index contributed by atoms with van der Waals surface area (Å²) in [5.74, 6) is 0.916. The van der Waals surface area contributed by atoms with Gasteiger partial charge >= 0.3 is 6.18 Å². The van der Waals surface area contributed by atoms with Crippen molar-refractivity contribution >= 4 is 11.0 Å². The monoisotopic (exact) mass is 440 g/mol. The van der Waals surface area contributed by atoms with Crippen LogP contribution in [0.15, 0.2) is 71.3 Å². The number of benzene rings is 2. The number of hydrogen-bond donors (Lipinski definition) is 0. The Morgan fingerprint density at radius 3 is 2.59 bits per heavy atom. The maximum absolute atomic E-state index is 13.1. The molecule has 0 saturated carbocycles. The van der Waals surface area contributed by atoms with Gasteiger partial charge in [0.05, 0.1) is 12.7 Å². The molecule has 0 atom stereocenters. The van der Waals surface area contributed by atoms with Crippen molar-refractivity contribution < 1.29 is 22.3 Å². The van der Waals surface area contributed by atoms with E-state index in [-0.39, 0.29) is 0 Å². The minimum absolute atomic E-state index is 0.366. The Balaban J connectivity index is 1.57. The summed E-state index contributed by atoms with van der Waals surface area (Å²) in [6.07, 6.45) is -1.79. The van der Waals surface area contributed by atoms with Gasteiger partial charge in [-0.25, -0.2) is 0 Å². The highest BCUT2D eigenvalue weighted by Crippen LogP contribution is 2.37. The number of nitrogens with zero attached hydrogens (tertiary/aromatic N) is 2. The van der Waals surface area contributed by atoms with E-state index in [1.807, 2.05) is 37.4 Å². The van der Waals surface area contributed by atoms with Crippen molar-refractivity contribution in [3.63, 3.8) is 0 Å². The van der Waals surface area contributed by atoms with Crippen LogP contribution in [0, 0.1) is 0 Å². The number of methoxy groups -OCH3 is 1. The van der Waals surface area contributed by atoms with Gasteiger partial charge in [-0.1, -0.05) is 18.2 Å². The number of ether oxygens (including phenoxy) is 1. The number of alkyl halides is 3. The van der Waals surface area contributed by atoms with Crippen LogP contribution in [0.25, 0.3) is 22.3 Å². The predicted molar refractivity (Wildman–Crippen MR) is 117 cm³/mol. The second kappa shape index (κ2) is 9.04. The highest BCUT2D eigenvalue weighted by molar-refractivity contribution is 5.88. The Hall–Kier alpha value is -3.32. The number of pyridine rings is 1. The van der Waals surface area contributed by atoms with Crippen LogP contribution in [0.2, 0.25) is 0 Å². The zero-order valence-electron chi connectivity index (χ0n) is 17.8. The first kappa shape index (κ1) is 21.9. The highest BCUT2D eigenvalue weighted by Gasteiger charge is 2.30. The fourth-order valence-corrected chi connectivity index (χ4v) is 3.66. The summed E-state index contributed by atoms with van der Waals surface area (Å²) in [4.78, 5) is 6.53. The van der Waals surface area contributed by atoms with Gasteiger partial charge in [0, 0.05) is 42.4 Å². The van der Waals surface area contributed by atoms with Gasteiger partial charge in [-0.05, 0) is 55.1 Å². The van der Waals surface area contributed by atoms with Crippen molar-refractivity contribution in [2.45, 2.75) is 19.1 Å². The molecule has 0 aliphatic rings. The molecule has 0 fully saturated rings. The van der Waals surface area contributed by atoms with E-state index in [4.69, 9.17) is 9.15 Å². The number of furan rings is 1. The quantitative estimate of drug-likeness (QED) is 0.343. The molecule has 2 aromatic carbocycles. The molecule has 166 valence electrons. The average molecular weight is 440 g/mol. The van der Waals surface area contributed by atoms with Crippen molar-refractivity contribution in [1.82, 2.24) is 9.88 Å². The van der Waals surface area contributed by atoms with E-state index in [9.17, 15) is 13.2 Å². The van der Waals surface area contributed by atoms with Gasteiger partial charge in [-0.3, -0.25) is 4.98 Å². The molecule has 32 heavy (non-hydrogen) atoms. The van der Waals surface area contributed by atoms with Crippen molar-refractivity contribution in [2.75, 3.05) is 20.7 Å². The molecular weight excluding hydrogens is 417 g/mol. The Labute approximate surface area is 184 Å². The first-order valence-electron chi connectivity index (χ1n) is 10.2. The van der Waals surface area contributed by atoms with Gasteiger partial charge in [0.15, 0.2) is 11.3 Å². The third kappa shape index (κ3) is 4.94. The summed E-state index contributed by atoms with van der Waals surface area (Å²) in [6, 6.07) is 16.6. The van der Waals surface area contributed by atoms with Crippen molar-refractivity contribution in [1.29, 1.82) is 0 Å². The molecule has 0 N–H and O–H groups in total. The molecule has 0 aliphatic carbocycles. The number of fused-ring (bicyclic) bond motifs is 1. The largest absolute Gasteiger partial charge is 0.493 e. The van der Waals surface area contributed by atoms with Crippen molar-refractivity contribution in [2.24, 2.45) is 0 Å². The second-order valence-corrected chi connectivity index (χ2v) is 7.71. The molecule has 0 unspecified atom stereocenters. The molecule has 7 heteroatoms. The molecule has 0 aliphatic heterocycles. The lowest BCUT2D eigenvalue weighted by atomic mass is 10.1. The molecule has 4 aromatic rings. The van der Waals surface area contributed by atoms with E-state index >= 15 is 0 Å². The minimum atomic E-state index is -4.41. The lowest BCUT2D eigenvalue weighted by Gasteiger charge is -2.17. The van der Waals surface area contributed by atoms with Gasteiger partial charge in [-0.2, -0.15) is 13.2 Å². The van der Waals surface area contributed by atoms with Crippen LogP contribution < -0.4 is 4.74 Å². The van der Waals surface area contributed by atoms with E-state index in [0.717, 1.165) is 41.7 Å². The van der Waals surface area contributed by atoms with Gasteiger partial charge in [-0.15, -0.1) is 0 Å². The zero-order chi connectivity index (χ0) is 22.7. The van der Waals surface area contributed by atoms with E-state index in [1.54, 1.807) is 25.4 Å². The van der Waals surface area contributed by atoms with Crippen LogP contribution in [-0.4, -0.2) is 30.6 Å². The Kier molecular flexibility index (Phi) is 6.19. The smallest absolute Gasteiger partial charge is 0.416 e. The first-order chi connectivity index (χ1) is 15.3. The number of rotatable bonds is 7. The number of aromatic nitrogens is 1. The van der Waals surface area contributed by atoms with Crippen LogP contribution in [0.4, 0.5) is 13.2 Å². The fraction of sp³-hybridized carbons (Fsp3) is 0.240. The Morgan fingerprint density at radius 2 is 1.88 bits per heavy atom. The fourth-order valence-electron chi connectivity index (χ4n) is 3.66. The molecular formula is C25H23F3N2O2. The minimum Gasteiger partial charge on any atom is -0.493 e. The normalized spacial score (nSPS) is 11.9. The van der Waals surface area contributed by atoms with Gasteiger partial charge in [0.1, 0.15) is 5.76 Å². The second-order valence-electron chi connectivity index (χ2n) is 7.71. The molecule has 0 amide bonds. The molecule has 0 saturated heterocycles. The summed E-state index contributed by atoms with van der Waals surface area (Å²) in [5.41, 5.74) is 2.23. The predicted octanol–water partition coefficient (Wildman–Crippen LogP) is 6.20. The maximum atomic E-state index is 13.1. The Bertz CT molecular complexity index is 1200. The molecule has 2 aromatic heterocycles. The van der Waals surface area contributed by atoms with Crippen LogP contribution in [0.1, 0.15) is 16.8 Å². The number of likely N-dealkylation sites (N-methyl/N-ethyl adjacent to an activating group) is 1. The van der Waals surface area contributed by atoms with Crippen LogP contribution in [0.5, 0.6) is 5.75 Å². The number of halogens is 3. The van der Waals surface area contributed by atoms with E-state index < -0.39 is 11.7 Å². The maximum Gasteiger partial charge on any atom is 0.416 e. The molecule has 2 heterocycles. The molecule has 0 radical (unpaired) electrons. The zero-order valence-corrected chi connectivity index (χ0v) is 17.8. The average Bonchev–Trinajstić information content (AvgIpc) is 3.21. The van der Waals surface area contributed by atoms with E-state index in [0.29, 0.717) is 29.2 Å². The van der Waals surface area contributed by atoms with Gasteiger partial charge in [0.2, 0.25) is 0 Å². The third-order valence-electron chi connectivity index (χ3n) is 5.26. The summed E-state index contributed by atoms with van der Waals surface area (Å²) in [6.45, 7) is 1.52. The summed E-state index contributed by atoms with van der Waals surface area (Å²) >= 11 is 0. The highest BCUT2D eigenvalue weighted by atomic mass is 19.4. The molecule has 4 rings (SSSR count). The molecule has 0 bridgehead atoms. The van der Waals surface area contributed by atoms with Crippen LogP contribution in [-0.2, 0) is 19.1 Å². The van der Waals surface area contributed by atoms with Crippen molar-refractivity contribution in [3.8, 4) is 17.1 Å². The summed E-state index contributed by atoms with van der Waals surface area (Å²) in [7, 11) is 3.58. The van der Waals surface area contributed by atoms with E-state index in [2.05, 4.69) is 9.88 Å². The Morgan fingerprint density at radius 1 is 1.03 bits per heavy atom. The lowest BCUT2D eigenvalue weighted by Crippen LogP contribution is -2.21. The lowest BCUT2D eigenvalue weighted by molar-refractivity contribution is -0.137. The van der Waals surface area contributed by atoms with E-state index in [1.165, 1.54) is 6.07 Å². The van der Waals surface area contributed by atoms with Crippen molar-refractivity contribution in [3.05, 3.63) is 83.7 Å². The topological polar surface area (TPSA) is 38.5 Å². The summed E-state index contributed by atoms with van der Waals surface area (Å²) < 4.78 is 50.7. The molecule has 0 spiro atoms.